The van der Waals surface area contributed by atoms with Crippen LogP contribution in [0, 0.1) is 6.07 Å². The Kier molecular flexibility index (Phi) is 3.49. The van der Waals surface area contributed by atoms with E-state index in [1.165, 1.54) is 0 Å². The molecule has 1 aromatic carbocycles. The molecule has 0 aliphatic carbocycles. The third-order valence-electron chi connectivity index (χ3n) is 1.82. The zero-order valence-corrected chi connectivity index (χ0v) is 8.66. The molecule has 0 aliphatic rings. The third-order valence-corrected chi connectivity index (χ3v) is 2.51. The lowest BCUT2D eigenvalue weighted by atomic mass is 10.3. The summed E-state index contributed by atoms with van der Waals surface area (Å²) in [5.41, 5.74) is 0.871. The third kappa shape index (κ3) is 3.76. The molecule has 0 fully saturated rings. The van der Waals surface area contributed by atoms with Crippen molar-refractivity contribution in [3.63, 3.8) is 0 Å². The Bertz CT molecular complexity index is 374. The molecule has 1 aromatic rings. The van der Waals surface area contributed by atoms with E-state index in [0.717, 1.165) is 5.69 Å². The molecule has 0 heterocycles. The van der Waals surface area contributed by atoms with E-state index < -0.39 is 10.1 Å². The molecule has 0 aliphatic heterocycles. The Labute approximate surface area is 83.9 Å². The number of nitrogens with zero attached hydrogens (tertiary/aromatic N) is 1. The van der Waals surface area contributed by atoms with Gasteiger partial charge in [0, 0.05) is 19.3 Å². The summed E-state index contributed by atoms with van der Waals surface area (Å²) in [5, 5.41) is 0. The van der Waals surface area contributed by atoms with E-state index >= 15 is 0 Å². The summed E-state index contributed by atoms with van der Waals surface area (Å²) in [4.78, 5) is 1.74. The van der Waals surface area contributed by atoms with Gasteiger partial charge in [0.25, 0.3) is 10.1 Å². The number of benzene rings is 1. The van der Waals surface area contributed by atoms with Gasteiger partial charge in [-0.3, -0.25) is 4.55 Å². The van der Waals surface area contributed by atoms with Crippen molar-refractivity contribution in [3.05, 3.63) is 30.3 Å². The first kappa shape index (κ1) is 11.0. The second-order valence-corrected chi connectivity index (χ2v) is 4.54. The van der Waals surface area contributed by atoms with Gasteiger partial charge in [-0.05, 0) is 18.2 Å². The summed E-state index contributed by atoms with van der Waals surface area (Å²) in [7, 11) is -2.12. The Hall–Kier alpha value is -1.07. The number of hydrogen-bond donors (Lipinski definition) is 1. The molecule has 1 N–H and O–H groups in total. The lowest BCUT2D eigenvalue weighted by Crippen LogP contribution is -2.24. The van der Waals surface area contributed by atoms with E-state index in [2.05, 4.69) is 6.07 Å². The molecule has 0 bridgehead atoms. The van der Waals surface area contributed by atoms with Crippen molar-refractivity contribution in [2.75, 3.05) is 24.2 Å². The van der Waals surface area contributed by atoms with Crippen LogP contribution in [0.5, 0.6) is 0 Å². The molecule has 0 saturated carbocycles. The molecule has 5 heteroatoms. The number of anilines is 1. The van der Waals surface area contributed by atoms with Crippen LogP contribution in [0.1, 0.15) is 0 Å². The molecular weight excluding hydrogens is 202 g/mol. The van der Waals surface area contributed by atoms with E-state index in [4.69, 9.17) is 4.55 Å². The molecule has 0 amide bonds. The van der Waals surface area contributed by atoms with E-state index in [1.807, 2.05) is 12.1 Å². The smallest absolute Gasteiger partial charge is 0.266 e. The SMILES string of the molecule is CN(CCS(=O)(=O)O)c1c[c]ccc1. The maximum Gasteiger partial charge on any atom is 0.266 e. The normalized spacial score (nSPS) is 11.3. The number of rotatable bonds is 4. The van der Waals surface area contributed by atoms with Crippen LogP contribution in [-0.4, -0.2) is 32.3 Å². The minimum absolute atomic E-state index is 0.261. The van der Waals surface area contributed by atoms with Crippen molar-refractivity contribution in [1.82, 2.24) is 0 Å². The first-order valence-corrected chi connectivity index (χ1v) is 5.72. The van der Waals surface area contributed by atoms with Gasteiger partial charge in [0.2, 0.25) is 0 Å². The van der Waals surface area contributed by atoms with Crippen molar-refractivity contribution < 1.29 is 13.0 Å². The lowest BCUT2D eigenvalue weighted by molar-refractivity contribution is 0.483. The summed E-state index contributed by atoms with van der Waals surface area (Å²) in [6, 6.07) is 10.1. The maximum atomic E-state index is 10.5. The molecule has 4 nitrogen and oxygen atoms in total. The molecule has 0 spiro atoms. The second-order valence-electron chi connectivity index (χ2n) is 2.97. The predicted molar refractivity (Wildman–Crippen MR) is 55.0 cm³/mol. The monoisotopic (exact) mass is 214 g/mol. The summed E-state index contributed by atoms with van der Waals surface area (Å²) >= 11 is 0. The quantitative estimate of drug-likeness (QED) is 0.753. The molecule has 0 saturated heterocycles. The lowest BCUT2D eigenvalue weighted by Gasteiger charge is -2.17. The van der Waals surface area contributed by atoms with Gasteiger partial charge in [0.15, 0.2) is 0 Å². The molecule has 1 radical (unpaired) electrons. The Morgan fingerprint density at radius 2 is 2.29 bits per heavy atom. The summed E-state index contributed by atoms with van der Waals surface area (Å²) in [6.45, 7) is 0.261. The Balaban J connectivity index is 2.56. The first-order chi connectivity index (χ1) is 6.49. The van der Waals surface area contributed by atoms with Gasteiger partial charge in [0.1, 0.15) is 0 Å². The highest BCUT2D eigenvalue weighted by Crippen LogP contribution is 2.09. The molecule has 0 atom stereocenters. The topological polar surface area (TPSA) is 57.6 Å². The first-order valence-electron chi connectivity index (χ1n) is 4.11. The van der Waals surface area contributed by atoms with Gasteiger partial charge >= 0.3 is 0 Å². The van der Waals surface area contributed by atoms with Crippen molar-refractivity contribution in [2.45, 2.75) is 0 Å². The van der Waals surface area contributed by atoms with Crippen molar-refractivity contribution in [3.8, 4) is 0 Å². The standard InChI is InChI=1S/C9H12NO3S/c1-10(7-8-14(11,12)13)9-5-3-2-4-6-9/h2-3,5-6H,7-8H2,1H3,(H,11,12,13). The fourth-order valence-electron chi connectivity index (χ4n) is 1.00. The summed E-state index contributed by atoms with van der Waals surface area (Å²) < 4.78 is 29.5. The average Bonchev–Trinajstić information content (AvgIpc) is 2.14. The van der Waals surface area contributed by atoms with Crippen LogP contribution in [0.3, 0.4) is 0 Å². The molecule has 0 aromatic heterocycles. The van der Waals surface area contributed by atoms with Gasteiger partial charge in [-0.25, -0.2) is 0 Å². The van der Waals surface area contributed by atoms with Gasteiger partial charge in [-0.2, -0.15) is 8.42 Å². The van der Waals surface area contributed by atoms with Gasteiger partial charge in [-0.1, -0.05) is 12.1 Å². The van der Waals surface area contributed by atoms with E-state index in [1.54, 1.807) is 24.1 Å². The molecule has 77 valence electrons. The van der Waals surface area contributed by atoms with Gasteiger partial charge in [-0.15, -0.1) is 0 Å². The Morgan fingerprint density at radius 3 is 2.79 bits per heavy atom. The second kappa shape index (κ2) is 4.43. The number of hydrogen-bond acceptors (Lipinski definition) is 3. The molecule has 14 heavy (non-hydrogen) atoms. The zero-order chi connectivity index (χ0) is 10.6. The highest BCUT2D eigenvalue weighted by molar-refractivity contribution is 7.85. The molecule has 1 rings (SSSR count). The average molecular weight is 214 g/mol. The van der Waals surface area contributed by atoms with Crippen LogP contribution in [-0.2, 0) is 10.1 Å². The van der Waals surface area contributed by atoms with Gasteiger partial charge < -0.3 is 4.90 Å². The summed E-state index contributed by atoms with van der Waals surface area (Å²) in [6.07, 6.45) is 0. The fourth-order valence-corrected chi connectivity index (χ4v) is 1.51. The van der Waals surface area contributed by atoms with Crippen LogP contribution in [0.25, 0.3) is 0 Å². The van der Waals surface area contributed by atoms with Crippen LogP contribution in [0.2, 0.25) is 0 Å². The van der Waals surface area contributed by atoms with E-state index in [-0.39, 0.29) is 12.3 Å². The zero-order valence-electron chi connectivity index (χ0n) is 7.84. The van der Waals surface area contributed by atoms with Crippen LogP contribution in [0.15, 0.2) is 24.3 Å². The minimum atomic E-state index is -3.88. The molecule has 0 unspecified atom stereocenters. The summed E-state index contributed by atoms with van der Waals surface area (Å²) in [5.74, 6) is -0.265. The van der Waals surface area contributed by atoms with Crippen molar-refractivity contribution in [1.29, 1.82) is 0 Å². The van der Waals surface area contributed by atoms with E-state index in [9.17, 15) is 8.42 Å². The van der Waals surface area contributed by atoms with Crippen LogP contribution < -0.4 is 4.90 Å². The fraction of sp³-hybridized carbons (Fsp3) is 0.333. The van der Waals surface area contributed by atoms with E-state index in [0.29, 0.717) is 0 Å². The highest BCUT2D eigenvalue weighted by atomic mass is 32.2. The maximum absolute atomic E-state index is 10.5. The van der Waals surface area contributed by atoms with Crippen LogP contribution in [0.4, 0.5) is 5.69 Å². The Morgan fingerprint density at radius 1 is 1.57 bits per heavy atom. The van der Waals surface area contributed by atoms with Gasteiger partial charge in [0.05, 0.1) is 5.75 Å². The highest BCUT2D eigenvalue weighted by Gasteiger charge is 2.07. The predicted octanol–water partition coefficient (Wildman–Crippen LogP) is 0.811. The van der Waals surface area contributed by atoms with Crippen molar-refractivity contribution >= 4 is 15.8 Å². The largest absolute Gasteiger partial charge is 0.373 e. The molecular formula is C9H12NO3S. The minimum Gasteiger partial charge on any atom is -0.373 e. The van der Waals surface area contributed by atoms with Crippen molar-refractivity contribution in [2.24, 2.45) is 0 Å². The van der Waals surface area contributed by atoms with Crippen LogP contribution >= 0.6 is 0 Å².